The molecule has 0 spiro atoms. The predicted octanol–water partition coefficient (Wildman–Crippen LogP) is 3.01. The van der Waals surface area contributed by atoms with Gasteiger partial charge in [-0.25, -0.2) is 4.79 Å². The highest BCUT2D eigenvalue weighted by Gasteiger charge is 2.23. The summed E-state index contributed by atoms with van der Waals surface area (Å²) in [6, 6.07) is 4.34. The molecule has 114 valence electrons. The fourth-order valence-electron chi connectivity index (χ4n) is 2.91. The smallest absolute Gasteiger partial charge is 0.337 e. The van der Waals surface area contributed by atoms with Crippen molar-refractivity contribution in [1.29, 1.82) is 0 Å². The zero-order chi connectivity index (χ0) is 15.4. The van der Waals surface area contributed by atoms with Crippen LogP contribution in [0.15, 0.2) is 18.2 Å². The van der Waals surface area contributed by atoms with Crippen LogP contribution in [0, 0.1) is 16.0 Å². The number of carbonyl (C=O) groups is 1. The van der Waals surface area contributed by atoms with E-state index < -0.39 is 10.9 Å². The van der Waals surface area contributed by atoms with Crippen molar-refractivity contribution in [2.24, 2.45) is 5.92 Å². The minimum absolute atomic E-state index is 0.0168. The van der Waals surface area contributed by atoms with Crippen LogP contribution in [-0.2, 0) is 4.74 Å². The van der Waals surface area contributed by atoms with E-state index in [9.17, 15) is 14.9 Å². The first kappa shape index (κ1) is 15.3. The lowest BCUT2D eigenvalue weighted by Crippen LogP contribution is -2.25. The van der Waals surface area contributed by atoms with Crippen molar-refractivity contribution in [3.8, 4) is 0 Å². The number of benzene rings is 1. The number of methoxy groups -OCH3 is 1. The zero-order valence-electron chi connectivity index (χ0n) is 12.4. The van der Waals surface area contributed by atoms with Gasteiger partial charge in [-0.15, -0.1) is 0 Å². The number of esters is 1. The van der Waals surface area contributed by atoms with Gasteiger partial charge in [0.25, 0.3) is 5.69 Å². The van der Waals surface area contributed by atoms with Crippen LogP contribution in [0.2, 0.25) is 0 Å². The number of carbonyl (C=O) groups excluding carboxylic acids is 1. The third kappa shape index (κ3) is 3.51. The summed E-state index contributed by atoms with van der Waals surface area (Å²) in [5.74, 6) is 0.0804. The van der Waals surface area contributed by atoms with Crippen molar-refractivity contribution < 1.29 is 14.5 Å². The number of rotatable bonds is 5. The average molecular weight is 292 g/mol. The van der Waals surface area contributed by atoms with E-state index in [0.717, 1.165) is 19.4 Å². The minimum Gasteiger partial charge on any atom is -0.465 e. The maximum absolute atomic E-state index is 11.6. The van der Waals surface area contributed by atoms with E-state index in [-0.39, 0.29) is 5.69 Å². The summed E-state index contributed by atoms with van der Waals surface area (Å²) in [5.41, 5.74) is 0.814. The quantitative estimate of drug-likeness (QED) is 0.474. The summed E-state index contributed by atoms with van der Waals surface area (Å²) < 4.78 is 4.68. The highest BCUT2D eigenvalue weighted by Crippen LogP contribution is 2.32. The molecule has 1 saturated carbocycles. The molecule has 0 heterocycles. The van der Waals surface area contributed by atoms with Crippen LogP contribution < -0.4 is 4.90 Å². The fraction of sp³-hybridized carbons (Fsp3) is 0.533. The highest BCUT2D eigenvalue weighted by atomic mass is 16.6. The molecule has 6 heteroatoms. The lowest BCUT2D eigenvalue weighted by Gasteiger charge is -2.23. The summed E-state index contributed by atoms with van der Waals surface area (Å²) in [4.78, 5) is 24.2. The molecule has 1 aromatic rings. The standard InChI is InChI=1S/C15H20N2O4/c1-16(10-11-5-3-4-6-11)14-9-12(15(18)21-2)7-8-13(14)17(19)20/h7-9,11H,3-6,10H2,1-2H3. The Balaban J connectivity index is 2.28. The maximum Gasteiger partial charge on any atom is 0.337 e. The Kier molecular flexibility index (Phi) is 4.77. The molecule has 6 nitrogen and oxygen atoms in total. The molecule has 0 bridgehead atoms. The van der Waals surface area contributed by atoms with E-state index in [4.69, 9.17) is 0 Å². The van der Waals surface area contributed by atoms with Gasteiger partial charge in [0.15, 0.2) is 0 Å². The van der Waals surface area contributed by atoms with Crippen LogP contribution in [0.5, 0.6) is 0 Å². The molecular weight excluding hydrogens is 272 g/mol. The van der Waals surface area contributed by atoms with Gasteiger partial charge in [0.1, 0.15) is 5.69 Å². The third-order valence-corrected chi connectivity index (χ3v) is 4.01. The first-order chi connectivity index (χ1) is 10.0. The number of nitro groups is 1. The number of hydrogen-bond donors (Lipinski definition) is 0. The van der Waals surface area contributed by atoms with E-state index in [1.165, 1.54) is 32.1 Å². The van der Waals surface area contributed by atoms with Crippen LogP contribution >= 0.6 is 0 Å². The van der Waals surface area contributed by atoms with Gasteiger partial charge in [-0.1, -0.05) is 12.8 Å². The Labute approximate surface area is 123 Å². The van der Waals surface area contributed by atoms with E-state index in [1.54, 1.807) is 6.07 Å². The van der Waals surface area contributed by atoms with E-state index >= 15 is 0 Å². The molecule has 21 heavy (non-hydrogen) atoms. The molecule has 0 radical (unpaired) electrons. The lowest BCUT2D eigenvalue weighted by atomic mass is 10.1. The van der Waals surface area contributed by atoms with Crippen molar-refractivity contribution in [1.82, 2.24) is 0 Å². The molecule has 2 rings (SSSR count). The molecule has 0 aliphatic heterocycles. The van der Waals surface area contributed by atoms with Crippen molar-refractivity contribution in [3.63, 3.8) is 0 Å². The van der Waals surface area contributed by atoms with Gasteiger partial charge in [0, 0.05) is 19.7 Å². The second-order valence-electron chi connectivity index (χ2n) is 5.48. The SMILES string of the molecule is COC(=O)c1ccc([N+](=O)[O-])c(N(C)CC2CCCC2)c1. The summed E-state index contributed by atoms with van der Waals surface area (Å²) in [6.07, 6.45) is 4.77. The molecule has 0 unspecified atom stereocenters. The number of ether oxygens (including phenoxy) is 1. The van der Waals surface area contributed by atoms with Crippen LogP contribution in [0.25, 0.3) is 0 Å². The molecule has 0 aromatic heterocycles. The van der Waals surface area contributed by atoms with Crippen molar-refractivity contribution in [2.45, 2.75) is 25.7 Å². The molecule has 0 saturated heterocycles. The number of hydrogen-bond acceptors (Lipinski definition) is 5. The van der Waals surface area contributed by atoms with Gasteiger partial charge in [-0.2, -0.15) is 0 Å². The van der Waals surface area contributed by atoms with Crippen molar-refractivity contribution >= 4 is 17.3 Å². The van der Waals surface area contributed by atoms with Crippen LogP contribution in [0.3, 0.4) is 0 Å². The molecular formula is C15H20N2O4. The summed E-state index contributed by atoms with van der Waals surface area (Å²) in [6.45, 7) is 0.769. The monoisotopic (exact) mass is 292 g/mol. The molecule has 0 atom stereocenters. The second-order valence-corrected chi connectivity index (χ2v) is 5.48. The van der Waals surface area contributed by atoms with Gasteiger partial charge < -0.3 is 9.64 Å². The highest BCUT2D eigenvalue weighted by molar-refractivity contribution is 5.91. The van der Waals surface area contributed by atoms with Crippen LogP contribution in [0.4, 0.5) is 11.4 Å². The molecule has 1 aliphatic carbocycles. The average Bonchev–Trinajstić information content (AvgIpc) is 2.98. The summed E-state index contributed by atoms with van der Waals surface area (Å²) in [7, 11) is 3.13. The lowest BCUT2D eigenvalue weighted by molar-refractivity contribution is -0.384. The molecule has 0 amide bonds. The van der Waals surface area contributed by atoms with Crippen molar-refractivity contribution in [2.75, 3.05) is 25.6 Å². The first-order valence-electron chi connectivity index (χ1n) is 7.11. The second kappa shape index (κ2) is 6.56. The number of nitro benzene ring substituents is 1. The van der Waals surface area contributed by atoms with Gasteiger partial charge in [-0.05, 0) is 30.9 Å². The number of anilines is 1. The molecule has 0 N–H and O–H groups in total. The first-order valence-corrected chi connectivity index (χ1v) is 7.11. The van der Waals surface area contributed by atoms with Gasteiger partial charge >= 0.3 is 5.97 Å². The molecule has 1 fully saturated rings. The van der Waals surface area contributed by atoms with Gasteiger partial charge in [0.2, 0.25) is 0 Å². The van der Waals surface area contributed by atoms with Crippen LogP contribution in [0.1, 0.15) is 36.0 Å². The molecule has 1 aromatic carbocycles. The summed E-state index contributed by atoms with van der Waals surface area (Å²) in [5, 5.41) is 11.2. The van der Waals surface area contributed by atoms with E-state index in [1.807, 2.05) is 11.9 Å². The van der Waals surface area contributed by atoms with E-state index in [0.29, 0.717) is 17.2 Å². The topological polar surface area (TPSA) is 72.7 Å². The van der Waals surface area contributed by atoms with Crippen LogP contribution in [-0.4, -0.2) is 31.6 Å². The number of nitrogens with zero attached hydrogens (tertiary/aromatic N) is 2. The zero-order valence-corrected chi connectivity index (χ0v) is 12.4. The Morgan fingerprint density at radius 1 is 1.43 bits per heavy atom. The Morgan fingerprint density at radius 3 is 2.67 bits per heavy atom. The van der Waals surface area contributed by atoms with E-state index in [2.05, 4.69) is 4.74 Å². The van der Waals surface area contributed by atoms with Gasteiger partial charge in [-0.3, -0.25) is 10.1 Å². The maximum atomic E-state index is 11.6. The third-order valence-electron chi connectivity index (χ3n) is 4.01. The van der Waals surface area contributed by atoms with Crippen molar-refractivity contribution in [3.05, 3.63) is 33.9 Å². The largest absolute Gasteiger partial charge is 0.465 e. The van der Waals surface area contributed by atoms with Gasteiger partial charge in [0.05, 0.1) is 17.6 Å². The fourth-order valence-corrected chi connectivity index (χ4v) is 2.91. The predicted molar refractivity (Wildman–Crippen MR) is 79.7 cm³/mol. The minimum atomic E-state index is -0.486. The Morgan fingerprint density at radius 2 is 2.10 bits per heavy atom. The Hall–Kier alpha value is -2.11. The summed E-state index contributed by atoms with van der Waals surface area (Å²) >= 11 is 0. The Bertz CT molecular complexity index is 538. The normalized spacial score (nSPS) is 15.0. The molecule has 1 aliphatic rings.